The van der Waals surface area contributed by atoms with Crippen LogP contribution in [0.2, 0.25) is 0 Å². The van der Waals surface area contributed by atoms with E-state index in [4.69, 9.17) is 0 Å². The standard InChI is InChI=1S/C14H24N2O2S3/c1-3-9-15-10-11-7-8-14(20-11)21(17,18)16-12-5-4-6-13(12)19-2/h7-8,12-13,15-16H,3-6,9-10H2,1-2H3. The van der Waals surface area contributed by atoms with Gasteiger partial charge in [0.05, 0.1) is 0 Å². The molecule has 0 aliphatic heterocycles. The topological polar surface area (TPSA) is 58.2 Å². The van der Waals surface area contributed by atoms with Crippen LogP contribution in [0.3, 0.4) is 0 Å². The average molecular weight is 349 g/mol. The van der Waals surface area contributed by atoms with E-state index < -0.39 is 10.0 Å². The van der Waals surface area contributed by atoms with E-state index in [1.54, 1.807) is 17.8 Å². The van der Waals surface area contributed by atoms with E-state index in [1.165, 1.54) is 11.3 Å². The summed E-state index contributed by atoms with van der Waals surface area (Å²) in [4.78, 5) is 1.07. The molecule has 7 heteroatoms. The van der Waals surface area contributed by atoms with Gasteiger partial charge in [0, 0.05) is 22.7 Å². The minimum absolute atomic E-state index is 0.0776. The van der Waals surface area contributed by atoms with E-state index in [0.717, 1.165) is 43.6 Å². The zero-order chi connectivity index (χ0) is 15.3. The maximum atomic E-state index is 12.5. The number of thioether (sulfide) groups is 1. The monoisotopic (exact) mass is 348 g/mol. The summed E-state index contributed by atoms with van der Waals surface area (Å²) in [6, 6.07) is 3.70. The Hall–Kier alpha value is -0.0800. The smallest absolute Gasteiger partial charge is 0.250 e. The number of hydrogen-bond donors (Lipinski definition) is 2. The number of sulfonamides is 1. The summed E-state index contributed by atoms with van der Waals surface area (Å²) in [5, 5.41) is 3.71. The van der Waals surface area contributed by atoms with Gasteiger partial charge in [-0.2, -0.15) is 11.8 Å². The van der Waals surface area contributed by atoms with Crippen molar-refractivity contribution in [1.29, 1.82) is 0 Å². The van der Waals surface area contributed by atoms with Crippen LogP contribution in [0.4, 0.5) is 0 Å². The van der Waals surface area contributed by atoms with Gasteiger partial charge in [-0.25, -0.2) is 13.1 Å². The average Bonchev–Trinajstić information content (AvgIpc) is 3.08. The molecule has 0 spiro atoms. The maximum Gasteiger partial charge on any atom is 0.250 e. The van der Waals surface area contributed by atoms with E-state index in [0.29, 0.717) is 9.46 Å². The van der Waals surface area contributed by atoms with Crippen LogP contribution in [0.1, 0.15) is 37.5 Å². The Kier molecular flexibility index (Phi) is 6.55. The van der Waals surface area contributed by atoms with Gasteiger partial charge in [0.1, 0.15) is 4.21 Å². The minimum atomic E-state index is -3.37. The van der Waals surface area contributed by atoms with Gasteiger partial charge in [0.2, 0.25) is 10.0 Å². The van der Waals surface area contributed by atoms with Crippen molar-refractivity contribution in [3.63, 3.8) is 0 Å². The predicted octanol–water partition coefficient (Wildman–Crippen LogP) is 2.81. The van der Waals surface area contributed by atoms with E-state index in [2.05, 4.69) is 23.2 Å². The lowest BCUT2D eigenvalue weighted by Gasteiger charge is -2.18. The Labute approximate surface area is 136 Å². The second-order valence-electron chi connectivity index (χ2n) is 5.33. The molecule has 1 aliphatic rings. The fourth-order valence-corrected chi connectivity index (χ4v) is 6.26. The molecule has 1 aliphatic carbocycles. The molecule has 21 heavy (non-hydrogen) atoms. The Morgan fingerprint density at radius 2 is 2.19 bits per heavy atom. The van der Waals surface area contributed by atoms with Gasteiger partial charge in [-0.05, 0) is 44.2 Å². The first-order chi connectivity index (χ1) is 10.1. The highest BCUT2D eigenvalue weighted by Crippen LogP contribution is 2.30. The lowest BCUT2D eigenvalue weighted by molar-refractivity contribution is 0.557. The van der Waals surface area contributed by atoms with Crippen LogP contribution in [0.15, 0.2) is 16.3 Å². The number of nitrogens with one attached hydrogen (secondary N) is 2. The third-order valence-electron chi connectivity index (χ3n) is 3.69. The highest BCUT2D eigenvalue weighted by molar-refractivity contribution is 7.99. The summed E-state index contributed by atoms with van der Waals surface area (Å²) in [7, 11) is -3.37. The lowest BCUT2D eigenvalue weighted by Crippen LogP contribution is -2.38. The Morgan fingerprint density at radius 1 is 1.38 bits per heavy atom. The fraction of sp³-hybridized carbons (Fsp3) is 0.714. The van der Waals surface area contributed by atoms with Gasteiger partial charge in [0.15, 0.2) is 0 Å². The summed E-state index contributed by atoms with van der Waals surface area (Å²) < 4.78 is 28.3. The van der Waals surface area contributed by atoms with Crippen molar-refractivity contribution in [2.45, 2.75) is 54.7 Å². The molecule has 1 fully saturated rings. The van der Waals surface area contributed by atoms with Crippen LogP contribution in [0, 0.1) is 0 Å². The van der Waals surface area contributed by atoms with E-state index in [9.17, 15) is 8.42 Å². The highest BCUT2D eigenvalue weighted by Gasteiger charge is 2.31. The van der Waals surface area contributed by atoms with Crippen molar-refractivity contribution in [2.75, 3.05) is 12.8 Å². The molecule has 0 saturated heterocycles. The number of hydrogen-bond acceptors (Lipinski definition) is 5. The SMILES string of the molecule is CCCNCc1ccc(S(=O)(=O)NC2CCCC2SC)s1. The highest BCUT2D eigenvalue weighted by atomic mass is 32.2. The normalized spacial score (nSPS) is 22.8. The van der Waals surface area contributed by atoms with Crippen LogP contribution in [0.25, 0.3) is 0 Å². The maximum absolute atomic E-state index is 12.5. The Bertz CT molecular complexity index is 542. The summed E-state index contributed by atoms with van der Waals surface area (Å²) in [5.74, 6) is 0. The molecule has 2 unspecified atom stereocenters. The van der Waals surface area contributed by atoms with Gasteiger partial charge in [-0.15, -0.1) is 11.3 Å². The number of thiophene rings is 1. The molecule has 120 valence electrons. The molecule has 1 aromatic rings. The van der Waals surface area contributed by atoms with Crippen LogP contribution in [-0.4, -0.2) is 32.5 Å². The zero-order valence-electron chi connectivity index (χ0n) is 12.6. The summed E-state index contributed by atoms with van der Waals surface area (Å²) >= 11 is 3.12. The van der Waals surface area contributed by atoms with Crippen molar-refractivity contribution in [3.8, 4) is 0 Å². The van der Waals surface area contributed by atoms with Crippen LogP contribution < -0.4 is 10.0 Å². The van der Waals surface area contributed by atoms with Crippen LogP contribution in [-0.2, 0) is 16.6 Å². The molecule has 4 nitrogen and oxygen atoms in total. The van der Waals surface area contributed by atoms with Crippen molar-refractivity contribution in [1.82, 2.24) is 10.0 Å². The van der Waals surface area contributed by atoms with Gasteiger partial charge in [0.25, 0.3) is 0 Å². The molecule has 2 N–H and O–H groups in total. The van der Waals surface area contributed by atoms with E-state index in [-0.39, 0.29) is 6.04 Å². The minimum Gasteiger partial charge on any atom is -0.312 e. The zero-order valence-corrected chi connectivity index (χ0v) is 15.0. The third kappa shape index (κ3) is 4.69. The molecule has 1 aromatic heterocycles. The molecular weight excluding hydrogens is 324 g/mol. The molecular formula is C14H24N2O2S3. The van der Waals surface area contributed by atoms with Gasteiger partial charge in [-0.3, -0.25) is 0 Å². The summed E-state index contributed by atoms with van der Waals surface area (Å²) in [6.45, 7) is 3.81. The quantitative estimate of drug-likeness (QED) is 0.709. The van der Waals surface area contributed by atoms with Crippen molar-refractivity contribution >= 4 is 33.1 Å². The third-order valence-corrected chi connectivity index (χ3v) is 7.93. The summed E-state index contributed by atoms with van der Waals surface area (Å²) in [5.41, 5.74) is 0. The first-order valence-electron chi connectivity index (χ1n) is 7.41. The predicted molar refractivity (Wildman–Crippen MR) is 91.6 cm³/mol. The second kappa shape index (κ2) is 7.97. The summed E-state index contributed by atoms with van der Waals surface area (Å²) in [6.07, 6.45) is 6.29. The molecule has 0 radical (unpaired) electrons. The fourth-order valence-electron chi connectivity index (χ4n) is 2.59. The van der Waals surface area contributed by atoms with Crippen LogP contribution >= 0.6 is 23.1 Å². The molecule has 1 saturated carbocycles. The van der Waals surface area contributed by atoms with E-state index >= 15 is 0 Å². The molecule has 0 aromatic carbocycles. The van der Waals surface area contributed by atoms with E-state index in [1.807, 2.05) is 6.07 Å². The van der Waals surface area contributed by atoms with Crippen molar-refractivity contribution < 1.29 is 8.42 Å². The molecule has 2 atom stereocenters. The molecule has 0 amide bonds. The molecule has 1 heterocycles. The lowest BCUT2D eigenvalue weighted by atomic mass is 10.3. The number of rotatable bonds is 8. The van der Waals surface area contributed by atoms with Crippen molar-refractivity contribution in [3.05, 3.63) is 17.0 Å². The van der Waals surface area contributed by atoms with Gasteiger partial charge >= 0.3 is 0 Å². The second-order valence-corrected chi connectivity index (χ2v) is 9.52. The Morgan fingerprint density at radius 3 is 2.90 bits per heavy atom. The first-order valence-corrected chi connectivity index (χ1v) is 11.0. The molecule has 0 bridgehead atoms. The van der Waals surface area contributed by atoms with Gasteiger partial charge in [-0.1, -0.05) is 13.3 Å². The molecule has 2 rings (SSSR count). The van der Waals surface area contributed by atoms with Crippen molar-refractivity contribution in [2.24, 2.45) is 0 Å². The largest absolute Gasteiger partial charge is 0.312 e. The van der Waals surface area contributed by atoms with Crippen LogP contribution in [0.5, 0.6) is 0 Å². The first kappa shape index (κ1) is 17.3. The van der Waals surface area contributed by atoms with Gasteiger partial charge < -0.3 is 5.32 Å². The Balaban J connectivity index is 1.99.